The predicted molar refractivity (Wildman–Crippen MR) is 76.4 cm³/mol. The molecule has 0 saturated carbocycles. The van der Waals surface area contributed by atoms with Crippen LogP contribution in [0.4, 0.5) is 0 Å². The van der Waals surface area contributed by atoms with Crippen molar-refractivity contribution >= 4 is 34.6 Å². The van der Waals surface area contributed by atoms with Crippen molar-refractivity contribution in [1.82, 2.24) is 5.32 Å². The van der Waals surface area contributed by atoms with Gasteiger partial charge in [0.25, 0.3) is 5.91 Å². The van der Waals surface area contributed by atoms with E-state index < -0.39 is 5.97 Å². The van der Waals surface area contributed by atoms with Crippen molar-refractivity contribution < 1.29 is 14.7 Å². The molecule has 100 valence electrons. The first kappa shape index (κ1) is 13.8. The van der Waals surface area contributed by atoms with Crippen LogP contribution in [0.25, 0.3) is 0 Å². The summed E-state index contributed by atoms with van der Waals surface area (Å²) in [5, 5.41) is 13.7. The van der Waals surface area contributed by atoms with Crippen LogP contribution in [0.15, 0.2) is 23.6 Å². The molecule has 2 aromatic rings. The van der Waals surface area contributed by atoms with Crippen LogP contribution >= 0.6 is 22.7 Å². The summed E-state index contributed by atoms with van der Waals surface area (Å²) in [4.78, 5) is 24.9. The van der Waals surface area contributed by atoms with Crippen LogP contribution in [0.2, 0.25) is 0 Å². The van der Waals surface area contributed by atoms with E-state index in [0.717, 1.165) is 22.6 Å². The van der Waals surface area contributed by atoms with Gasteiger partial charge in [-0.1, -0.05) is 6.07 Å². The second kappa shape index (κ2) is 5.99. The maximum atomic E-state index is 11.9. The third-order valence-electron chi connectivity index (χ3n) is 2.61. The minimum atomic E-state index is -0.995. The molecule has 2 aromatic heterocycles. The Bertz CT molecular complexity index is 587. The normalized spacial score (nSPS) is 10.4. The van der Waals surface area contributed by atoms with Crippen LogP contribution in [0.3, 0.4) is 0 Å². The van der Waals surface area contributed by atoms with E-state index in [1.165, 1.54) is 10.9 Å². The molecular weight excluding hydrogens is 282 g/mol. The molecular formula is C13H13NO3S2. The summed E-state index contributed by atoms with van der Waals surface area (Å²) in [6.45, 7) is 2.31. The number of aromatic carboxylic acids is 1. The van der Waals surface area contributed by atoms with Gasteiger partial charge in [0.1, 0.15) is 4.88 Å². The van der Waals surface area contributed by atoms with Gasteiger partial charge < -0.3 is 10.4 Å². The van der Waals surface area contributed by atoms with Crippen molar-refractivity contribution in [2.45, 2.75) is 13.3 Å². The molecule has 6 heteroatoms. The van der Waals surface area contributed by atoms with Crippen LogP contribution in [-0.4, -0.2) is 23.5 Å². The molecule has 0 aliphatic carbocycles. The van der Waals surface area contributed by atoms with E-state index in [1.54, 1.807) is 18.3 Å². The minimum absolute atomic E-state index is 0.195. The van der Waals surface area contributed by atoms with Crippen LogP contribution < -0.4 is 5.32 Å². The first-order valence-electron chi connectivity index (χ1n) is 5.72. The second-order valence-corrected chi connectivity index (χ2v) is 6.26. The Morgan fingerprint density at radius 3 is 2.79 bits per heavy atom. The van der Waals surface area contributed by atoms with E-state index in [2.05, 4.69) is 5.32 Å². The summed E-state index contributed by atoms with van der Waals surface area (Å²) < 4.78 is 0. The first-order valence-corrected chi connectivity index (χ1v) is 7.42. The monoisotopic (exact) mass is 295 g/mol. The number of amides is 1. The lowest BCUT2D eigenvalue weighted by Gasteiger charge is -2.03. The first-order chi connectivity index (χ1) is 9.08. The smallest absolute Gasteiger partial charge is 0.345 e. The van der Waals surface area contributed by atoms with Crippen LogP contribution in [0, 0.1) is 6.92 Å². The predicted octanol–water partition coefficient (Wildman–Crippen LogP) is 2.79. The number of carbonyl (C=O) groups excluding carboxylic acids is 1. The second-order valence-electron chi connectivity index (χ2n) is 3.97. The van der Waals surface area contributed by atoms with Crippen molar-refractivity contribution in [3.63, 3.8) is 0 Å². The Labute approximate surface area is 118 Å². The summed E-state index contributed by atoms with van der Waals surface area (Å²) in [5.41, 5.74) is 0.452. The van der Waals surface area contributed by atoms with Gasteiger partial charge in [-0.15, -0.1) is 22.7 Å². The van der Waals surface area contributed by atoms with Gasteiger partial charge in [0.15, 0.2) is 0 Å². The van der Waals surface area contributed by atoms with Crippen molar-refractivity contribution in [2.24, 2.45) is 0 Å². The van der Waals surface area contributed by atoms with Gasteiger partial charge in [0.2, 0.25) is 0 Å². The summed E-state index contributed by atoms with van der Waals surface area (Å²) in [6, 6.07) is 5.43. The van der Waals surface area contributed by atoms with Gasteiger partial charge in [0.05, 0.1) is 5.56 Å². The van der Waals surface area contributed by atoms with Crippen molar-refractivity contribution in [2.75, 3.05) is 6.54 Å². The molecule has 4 nitrogen and oxygen atoms in total. The fourth-order valence-corrected chi connectivity index (χ4v) is 3.23. The van der Waals surface area contributed by atoms with E-state index in [9.17, 15) is 9.59 Å². The number of carboxylic acids is 1. The lowest BCUT2D eigenvalue weighted by Crippen LogP contribution is -2.25. The van der Waals surface area contributed by atoms with Crippen molar-refractivity contribution in [3.05, 3.63) is 43.8 Å². The highest BCUT2D eigenvalue weighted by Crippen LogP contribution is 2.21. The Balaban J connectivity index is 1.94. The Morgan fingerprint density at radius 2 is 2.21 bits per heavy atom. The average Bonchev–Trinajstić information content (AvgIpc) is 2.98. The summed E-state index contributed by atoms with van der Waals surface area (Å²) >= 11 is 2.78. The molecule has 2 rings (SSSR count). The minimum Gasteiger partial charge on any atom is -0.477 e. The topological polar surface area (TPSA) is 66.4 Å². The van der Waals surface area contributed by atoms with Gasteiger partial charge in [0, 0.05) is 16.3 Å². The van der Waals surface area contributed by atoms with E-state index in [4.69, 9.17) is 5.11 Å². The van der Waals surface area contributed by atoms with Crippen molar-refractivity contribution in [3.8, 4) is 0 Å². The lowest BCUT2D eigenvalue weighted by atomic mass is 10.2. The zero-order valence-electron chi connectivity index (χ0n) is 10.3. The van der Waals surface area contributed by atoms with Crippen LogP contribution in [0.1, 0.15) is 29.8 Å². The molecule has 0 saturated heterocycles. The SMILES string of the molecule is Cc1sc(C(=O)O)cc1C(=O)NCCc1cccs1. The molecule has 0 atom stereocenters. The van der Waals surface area contributed by atoms with Crippen LogP contribution in [0.5, 0.6) is 0 Å². The average molecular weight is 295 g/mol. The summed E-state index contributed by atoms with van der Waals surface area (Å²) in [5.74, 6) is -1.21. The van der Waals surface area contributed by atoms with Gasteiger partial charge >= 0.3 is 5.97 Å². The molecule has 0 radical (unpaired) electrons. The Hall–Kier alpha value is -1.66. The van der Waals surface area contributed by atoms with Gasteiger partial charge in [-0.25, -0.2) is 4.79 Å². The standard InChI is InChI=1S/C13H13NO3S2/c1-8-10(7-11(19-8)13(16)17)12(15)14-5-4-9-3-2-6-18-9/h2-3,6-7H,4-5H2,1H3,(H,14,15)(H,16,17). The highest BCUT2D eigenvalue weighted by molar-refractivity contribution is 7.14. The molecule has 0 spiro atoms. The molecule has 19 heavy (non-hydrogen) atoms. The molecule has 0 fully saturated rings. The van der Waals surface area contributed by atoms with E-state index in [1.807, 2.05) is 17.5 Å². The molecule has 0 unspecified atom stereocenters. The highest BCUT2D eigenvalue weighted by Gasteiger charge is 2.16. The Morgan fingerprint density at radius 1 is 1.42 bits per heavy atom. The van der Waals surface area contributed by atoms with Gasteiger partial charge in [-0.2, -0.15) is 0 Å². The zero-order chi connectivity index (χ0) is 13.8. The zero-order valence-corrected chi connectivity index (χ0v) is 11.9. The van der Waals surface area contributed by atoms with E-state index in [-0.39, 0.29) is 10.8 Å². The van der Waals surface area contributed by atoms with Gasteiger partial charge in [-0.3, -0.25) is 4.79 Å². The number of carbonyl (C=O) groups is 2. The number of thiophene rings is 2. The number of hydrogen-bond donors (Lipinski definition) is 2. The highest BCUT2D eigenvalue weighted by atomic mass is 32.1. The molecule has 2 heterocycles. The molecule has 2 N–H and O–H groups in total. The maximum Gasteiger partial charge on any atom is 0.345 e. The molecule has 1 amide bonds. The third-order valence-corrected chi connectivity index (χ3v) is 4.58. The largest absolute Gasteiger partial charge is 0.477 e. The lowest BCUT2D eigenvalue weighted by molar-refractivity contribution is 0.0702. The quantitative estimate of drug-likeness (QED) is 0.891. The Kier molecular flexibility index (Phi) is 4.34. The maximum absolute atomic E-state index is 11.9. The third kappa shape index (κ3) is 3.42. The molecule has 0 aliphatic rings. The van der Waals surface area contributed by atoms with Crippen molar-refractivity contribution in [1.29, 1.82) is 0 Å². The summed E-state index contributed by atoms with van der Waals surface area (Å²) in [7, 11) is 0. The van der Waals surface area contributed by atoms with E-state index >= 15 is 0 Å². The fourth-order valence-electron chi connectivity index (χ4n) is 1.66. The fraction of sp³-hybridized carbons (Fsp3) is 0.231. The number of aryl methyl sites for hydroxylation is 1. The van der Waals surface area contributed by atoms with Crippen LogP contribution in [-0.2, 0) is 6.42 Å². The number of rotatable bonds is 5. The number of hydrogen-bond acceptors (Lipinski definition) is 4. The molecule has 0 aliphatic heterocycles. The molecule has 0 bridgehead atoms. The van der Waals surface area contributed by atoms with Gasteiger partial charge in [-0.05, 0) is 30.9 Å². The summed E-state index contributed by atoms with van der Waals surface area (Å²) in [6.07, 6.45) is 0.790. The number of carboxylic acid groups (broad SMARTS) is 1. The number of nitrogens with one attached hydrogen (secondary N) is 1. The molecule has 0 aromatic carbocycles. The van der Waals surface area contributed by atoms with E-state index in [0.29, 0.717) is 12.1 Å².